The highest BCUT2D eigenvalue weighted by Crippen LogP contribution is 2.50. The lowest BCUT2D eigenvalue weighted by molar-refractivity contribution is -0.198. The van der Waals surface area contributed by atoms with E-state index in [0.717, 1.165) is 23.1 Å². The zero-order valence-corrected chi connectivity index (χ0v) is 56.2. The Morgan fingerprint density at radius 2 is 1.63 bits per heavy atom. The topological polar surface area (TPSA) is 331 Å². The number of esters is 2. The number of halogens is 3. The molecule has 4 aliphatic heterocycles. The molecule has 0 aromatic heterocycles. The highest BCUT2D eigenvalue weighted by molar-refractivity contribution is 7.80. The summed E-state index contributed by atoms with van der Waals surface area (Å²) in [6.45, 7) is 12.5. The lowest BCUT2D eigenvalue weighted by Crippen LogP contribution is -2.53. The van der Waals surface area contributed by atoms with E-state index in [1.807, 2.05) is 19.1 Å². The minimum Gasteiger partial charge on any atom is -0.462 e. The van der Waals surface area contributed by atoms with Gasteiger partial charge in [0.25, 0.3) is 17.7 Å². The number of ether oxygens (including phenoxy) is 6. The Morgan fingerprint density at radius 1 is 0.947 bits per heavy atom. The van der Waals surface area contributed by atoms with Gasteiger partial charge in [0, 0.05) is 78.2 Å². The van der Waals surface area contributed by atoms with E-state index in [9.17, 15) is 53.1 Å². The number of rotatable bonds is 27. The molecule has 0 radical (unpaired) electrons. The standard InChI is InChI=1S/C65H86ClF2N7O18S/c1-35(2)42(31-52(94)70-20-22-89-24-23-88-21-18-56(80)93-75-53(77)16-17-54(75)78)60(82)72-46(14-12-19-71-63(69)85)48(76)29-41-28-45(68)43(30-44(41)67)61(83)73(8)39(6)62(84)91-51-32-55(79)74(9)47-27-40(26-37(4)58(47)66)25-36(3)13-11-15-50(87-10)65(86)33-49(90-57(81)34-65)38(5)59-64(51,7)92-59/h11,13,15,26-28,30,35,38-39,42,46,49-51,59,86H,12,14,16-25,29,31-34H2,1-10H3,(H,70,94)(H,72,82)(H3,69,71,85)/b15-11+,36-13+/t38-,39+,42+,46+,49+,50-,51+,59+,64+,65-/m1/s1. The molecule has 4 heterocycles. The Labute approximate surface area is 555 Å². The molecule has 2 aromatic carbocycles. The van der Waals surface area contributed by atoms with Crippen molar-refractivity contribution in [2.75, 3.05) is 65.6 Å². The van der Waals surface area contributed by atoms with Gasteiger partial charge in [-0.05, 0) is 87.8 Å². The summed E-state index contributed by atoms with van der Waals surface area (Å²) in [6, 6.07) is 1.29. The number of primary amides is 1. The Morgan fingerprint density at radius 3 is 2.29 bits per heavy atom. The van der Waals surface area contributed by atoms with Crippen molar-refractivity contribution in [3.8, 4) is 0 Å². The normalized spacial score (nSPS) is 24.2. The van der Waals surface area contributed by atoms with Crippen LogP contribution in [0.25, 0.3) is 0 Å². The summed E-state index contributed by atoms with van der Waals surface area (Å²) in [5.74, 6) is -10.9. The molecule has 25 nitrogen and oxygen atoms in total. The van der Waals surface area contributed by atoms with Crippen LogP contribution in [0.2, 0.25) is 5.02 Å². The van der Waals surface area contributed by atoms with Crippen LogP contribution in [-0.2, 0) is 84.5 Å². The number of nitrogens with one attached hydrogen (secondary N) is 3. The quantitative estimate of drug-likeness (QED) is 0.0249. The van der Waals surface area contributed by atoms with E-state index >= 15 is 8.78 Å². The molecule has 10 atom stereocenters. The summed E-state index contributed by atoms with van der Waals surface area (Å²) in [5, 5.41) is 20.9. The number of amides is 7. The van der Waals surface area contributed by atoms with Crippen molar-refractivity contribution in [2.45, 2.75) is 167 Å². The summed E-state index contributed by atoms with van der Waals surface area (Å²) >= 11 is 12.4. The number of thiocarbonyl (C=S) groups is 1. The van der Waals surface area contributed by atoms with Crippen molar-refractivity contribution in [1.29, 1.82) is 0 Å². The number of nitrogens with zero attached hydrogens (tertiary/aromatic N) is 3. The van der Waals surface area contributed by atoms with Crippen LogP contribution in [0.5, 0.6) is 0 Å². The molecule has 4 aliphatic rings. The van der Waals surface area contributed by atoms with Crippen molar-refractivity contribution < 1.29 is 95.1 Å². The number of carbonyl (C=O) groups excluding carboxylic acids is 10. The number of hydrogen-bond donors (Lipinski definition) is 5. The third-order valence-electron chi connectivity index (χ3n) is 17.2. The molecule has 0 spiro atoms. The van der Waals surface area contributed by atoms with Gasteiger partial charge < -0.3 is 69.8 Å². The number of anilines is 1. The third kappa shape index (κ3) is 20.1. The third-order valence-corrected chi connectivity index (χ3v) is 18.0. The molecule has 0 aliphatic carbocycles. The second-order valence-corrected chi connectivity index (χ2v) is 25.6. The summed E-state index contributed by atoms with van der Waals surface area (Å²) in [4.78, 5) is 138. The molecule has 516 valence electrons. The largest absolute Gasteiger partial charge is 0.462 e. The van der Waals surface area contributed by atoms with Gasteiger partial charge in [-0.2, -0.15) is 0 Å². The maximum Gasteiger partial charge on any atom is 0.335 e. The minimum atomic E-state index is -1.70. The number of Topliss-reactive ketones (excluding diaryl/α,β-unsaturated/α-hetero) is 1. The van der Waals surface area contributed by atoms with Crippen molar-refractivity contribution >= 4 is 93.8 Å². The zero-order valence-electron chi connectivity index (χ0n) is 54.6. The molecular weight excluding hydrogens is 1270 g/mol. The predicted molar refractivity (Wildman–Crippen MR) is 340 cm³/mol. The van der Waals surface area contributed by atoms with Crippen LogP contribution in [-0.4, -0.2) is 188 Å². The molecule has 6 N–H and O–H groups in total. The molecule has 7 amide bonds. The van der Waals surface area contributed by atoms with Gasteiger partial charge in [-0.1, -0.05) is 74.5 Å². The number of imide groups is 1. The number of ketones is 1. The lowest BCUT2D eigenvalue weighted by atomic mass is 9.78. The van der Waals surface area contributed by atoms with Crippen LogP contribution in [0, 0.1) is 36.3 Å². The van der Waals surface area contributed by atoms with E-state index < -0.39 is 154 Å². The van der Waals surface area contributed by atoms with Crippen LogP contribution >= 0.6 is 23.8 Å². The number of allylic oxidation sites excluding steroid dienone is 3. The molecule has 0 saturated carbocycles. The second-order valence-electron chi connectivity index (χ2n) is 24.7. The summed E-state index contributed by atoms with van der Waals surface area (Å²) < 4.78 is 67.3. The van der Waals surface area contributed by atoms with Crippen molar-refractivity contribution in [3.05, 3.63) is 87.0 Å². The van der Waals surface area contributed by atoms with Gasteiger partial charge in [0.1, 0.15) is 47.2 Å². The van der Waals surface area contributed by atoms with Crippen molar-refractivity contribution in [2.24, 2.45) is 23.5 Å². The van der Waals surface area contributed by atoms with Crippen LogP contribution < -0.4 is 26.6 Å². The van der Waals surface area contributed by atoms with Crippen molar-refractivity contribution in [3.63, 3.8) is 0 Å². The number of aryl methyl sites for hydroxylation is 1. The van der Waals surface area contributed by atoms with E-state index in [1.165, 1.54) is 26.0 Å². The smallest absolute Gasteiger partial charge is 0.335 e. The number of fused-ring (bicyclic) bond motifs is 5. The fraction of sp³-hybridized carbons (Fsp3) is 0.585. The number of methoxy groups -OCH3 is 1. The first-order valence-corrected chi connectivity index (χ1v) is 31.9. The zero-order chi connectivity index (χ0) is 69.5. The highest BCUT2D eigenvalue weighted by Gasteiger charge is 2.64. The molecule has 3 saturated heterocycles. The molecular formula is C65H86ClF2N7O18S. The van der Waals surface area contributed by atoms with Crippen LogP contribution in [0.1, 0.15) is 126 Å². The monoisotopic (exact) mass is 1360 g/mol. The molecule has 29 heteroatoms. The first-order chi connectivity index (χ1) is 44.3. The number of likely N-dealkylation sites (N-methyl/N-ethyl adjacent to an activating group) is 1. The number of nitrogens with two attached hydrogens (primary N) is 1. The number of hydroxylamine groups is 2. The van der Waals surface area contributed by atoms with E-state index in [2.05, 4.69) is 16.0 Å². The second kappa shape index (κ2) is 33.9. The Bertz CT molecular complexity index is 3250. The van der Waals surface area contributed by atoms with Crippen LogP contribution in [0.4, 0.5) is 19.3 Å². The summed E-state index contributed by atoms with van der Waals surface area (Å²) in [5.41, 5.74) is 3.60. The van der Waals surface area contributed by atoms with Gasteiger partial charge in [-0.15, -0.1) is 5.06 Å². The predicted octanol–water partition coefficient (Wildman–Crippen LogP) is 5.31. The first kappa shape index (κ1) is 75.7. The molecule has 0 unspecified atom stereocenters. The van der Waals surface area contributed by atoms with Gasteiger partial charge in [0.05, 0.1) is 79.1 Å². The Balaban J connectivity index is 1.10. The van der Waals surface area contributed by atoms with Crippen molar-refractivity contribution in [1.82, 2.24) is 25.9 Å². The molecule has 3 fully saturated rings. The highest BCUT2D eigenvalue weighted by atomic mass is 35.5. The molecule has 6 rings (SSSR count). The van der Waals surface area contributed by atoms with E-state index in [1.54, 1.807) is 52.8 Å². The minimum absolute atomic E-state index is 0.00820. The first-order valence-electron chi connectivity index (χ1n) is 31.1. The van der Waals surface area contributed by atoms with Gasteiger partial charge in [0.15, 0.2) is 5.78 Å². The van der Waals surface area contributed by atoms with Gasteiger partial charge in [0.2, 0.25) is 11.8 Å². The Hall–Kier alpha value is -7.34. The fourth-order valence-electron chi connectivity index (χ4n) is 11.4. The maximum atomic E-state index is 16.2. The van der Waals surface area contributed by atoms with E-state index in [4.69, 9.17) is 62.8 Å². The average molecular weight is 1360 g/mol. The Kier molecular flexibility index (Phi) is 27.3. The van der Waals surface area contributed by atoms with Crippen LogP contribution in [0.3, 0.4) is 0 Å². The number of aliphatic hydroxyl groups is 1. The van der Waals surface area contributed by atoms with Gasteiger partial charge in [-0.25, -0.2) is 23.2 Å². The SMILES string of the molecule is CO[C@@H]1/C=C/C=C(\C)Cc2cc(C)c(Cl)c(c2)N(C)C(=O)C[C@H](OC(=O)[C@H](C)N(C)C(=O)c2cc(F)c(CC(=O)[C@H](CCCNC(N)=O)NC(=O)[C@@H](CC(=S)NCCOCCOCCC(=O)ON3C(=O)CCC3=O)C(C)C)cc2F)[C@]2(C)O[C@H]2[C@H](C)[C@@H]2C[C@@]1(O)CC(=O)O2. The van der Waals surface area contributed by atoms with Gasteiger partial charge >= 0.3 is 23.9 Å². The number of urea groups is 1. The number of hydrogen-bond acceptors (Lipinski definition) is 19. The number of epoxide rings is 1. The molecule has 2 aromatic rings. The summed E-state index contributed by atoms with van der Waals surface area (Å²) in [6.07, 6.45) is -0.193. The number of carbonyl (C=O) groups is 10. The summed E-state index contributed by atoms with van der Waals surface area (Å²) in [7, 11) is 4.10. The molecule has 4 bridgehead atoms. The fourth-order valence-corrected chi connectivity index (χ4v) is 11.9. The van der Waals surface area contributed by atoms with E-state index in [0.29, 0.717) is 44.9 Å². The van der Waals surface area contributed by atoms with Crippen LogP contribution in [0.15, 0.2) is 48.1 Å². The maximum absolute atomic E-state index is 16.2. The van der Waals surface area contributed by atoms with Gasteiger partial charge in [-0.3, -0.25) is 33.6 Å². The average Bonchev–Trinajstić information content (AvgIpc) is 1.57. The van der Waals surface area contributed by atoms with E-state index in [-0.39, 0.29) is 96.8 Å². The number of benzene rings is 2. The lowest BCUT2D eigenvalue weighted by Gasteiger charge is -2.41. The molecule has 94 heavy (non-hydrogen) atoms.